The van der Waals surface area contributed by atoms with Gasteiger partial charge in [0.2, 0.25) is 0 Å². The summed E-state index contributed by atoms with van der Waals surface area (Å²) in [7, 11) is 0. The van der Waals surface area contributed by atoms with Crippen LogP contribution in [-0.2, 0) is 4.79 Å². The molecule has 1 aromatic rings. The van der Waals surface area contributed by atoms with Gasteiger partial charge in [0.05, 0.1) is 12.5 Å². The Kier molecular flexibility index (Phi) is 3.23. The van der Waals surface area contributed by atoms with Gasteiger partial charge in [0.25, 0.3) is 0 Å². The Morgan fingerprint density at radius 1 is 1.50 bits per heavy atom. The number of carbonyl (C=O) groups excluding carboxylic acids is 1. The number of nitrogens with one attached hydrogen (secondary N) is 1. The van der Waals surface area contributed by atoms with Gasteiger partial charge < -0.3 is 10.4 Å². The summed E-state index contributed by atoms with van der Waals surface area (Å²) < 4.78 is 0. The molecule has 0 saturated carbocycles. The van der Waals surface area contributed by atoms with E-state index < -0.39 is 5.97 Å². The van der Waals surface area contributed by atoms with Crippen molar-refractivity contribution in [2.75, 3.05) is 11.4 Å². The van der Waals surface area contributed by atoms with Crippen molar-refractivity contribution in [3.8, 4) is 0 Å². The quantitative estimate of drug-likeness (QED) is 0.855. The first kappa shape index (κ1) is 12.4. The average molecular weight is 248 g/mol. The van der Waals surface area contributed by atoms with Gasteiger partial charge in [-0.05, 0) is 31.0 Å². The van der Waals surface area contributed by atoms with Crippen LogP contribution < -0.4 is 10.2 Å². The highest BCUT2D eigenvalue weighted by molar-refractivity contribution is 5.95. The molecule has 5 heteroatoms. The lowest BCUT2D eigenvalue weighted by Crippen LogP contribution is -2.29. The molecule has 1 fully saturated rings. The fourth-order valence-electron chi connectivity index (χ4n) is 2.16. The molecule has 1 aliphatic heterocycles. The normalized spacial score (nSPS) is 18.9. The molecule has 0 aliphatic carbocycles. The van der Waals surface area contributed by atoms with Crippen molar-refractivity contribution < 1.29 is 14.7 Å². The maximum atomic E-state index is 11.9. The Morgan fingerprint density at radius 2 is 2.22 bits per heavy atom. The van der Waals surface area contributed by atoms with Crippen molar-refractivity contribution in [2.45, 2.75) is 26.3 Å². The standard InChI is InChI=1S/C13H16N2O3/c1-8-4-3-5-11(9(8)2)15-7-10(6-12(16)17)14-13(15)18/h3-5,10H,6-7H2,1-2H3,(H,14,18)(H,16,17). The summed E-state index contributed by atoms with van der Waals surface area (Å²) in [6.07, 6.45) is -0.0485. The minimum absolute atomic E-state index is 0.0485. The molecule has 1 saturated heterocycles. The summed E-state index contributed by atoms with van der Waals surface area (Å²) in [4.78, 5) is 24.1. The van der Waals surface area contributed by atoms with E-state index in [1.807, 2.05) is 32.0 Å². The second-order valence-electron chi connectivity index (χ2n) is 4.57. The lowest BCUT2D eigenvalue weighted by Gasteiger charge is -2.18. The fraction of sp³-hybridized carbons (Fsp3) is 0.385. The summed E-state index contributed by atoms with van der Waals surface area (Å²) in [5.41, 5.74) is 3.01. The molecule has 0 aromatic heterocycles. The highest BCUT2D eigenvalue weighted by Gasteiger charge is 2.31. The molecular formula is C13H16N2O3. The molecule has 1 aliphatic rings. The minimum Gasteiger partial charge on any atom is -0.481 e. The van der Waals surface area contributed by atoms with E-state index in [0.29, 0.717) is 6.54 Å². The highest BCUT2D eigenvalue weighted by atomic mass is 16.4. The lowest BCUT2D eigenvalue weighted by atomic mass is 10.1. The third-order valence-electron chi connectivity index (χ3n) is 3.26. The number of carboxylic acids is 1. The van der Waals surface area contributed by atoms with Crippen LogP contribution in [0.3, 0.4) is 0 Å². The Balaban J connectivity index is 2.22. The number of hydrogen-bond donors (Lipinski definition) is 2. The zero-order valence-corrected chi connectivity index (χ0v) is 10.4. The summed E-state index contributed by atoms with van der Waals surface area (Å²) in [5, 5.41) is 11.4. The van der Waals surface area contributed by atoms with Crippen molar-refractivity contribution >= 4 is 17.7 Å². The number of nitrogens with zero attached hydrogens (tertiary/aromatic N) is 1. The second-order valence-corrected chi connectivity index (χ2v) is 4.57. The van der Waals surface area contributed by atoms with Gasteiger partial charge in [-0.2, -0.15) is 0 Å². The smallest absolute Gasteiger partial charge is 0.322 e. The first-order chi connectivity index (χ1) is 8.49. The maximum absolute atomic E-state index is 11.9. The SMILES string of the molecule is Cc1cccc(N2CC(CC(=O)O)NC2=O)c1C. The van der Waals surface area contributed by atoms with E-state index in [-0.39, 0.29) is 18.5 Å². The number of urea groups is 1. The summed E-state index contributed by atoms with van der Waals surface area (Å²) in [5.74, 6) is -0.900. The van der Waals surface area contributed by atoms with Gasteiger partial charge in [-0.15, -0.1) is 0 Å². The van der Waals surface area contributed by atoms with Gasteiger partial charge in [0.1, 0.15) is 0 Å². The van der Waals surface area contributed by atoms with E-state index in [9.17, 15) is 9.59 Å². The molecule has 0 radical (unpaired) electrons. The zero-order valence-electron chi connectivity index (χ0n) is 10.4. The molecule has 1 atom stereocenters. The van der Waals surface area contributed by atoms with Crippen LogP contribution in [0.1, 0.15) is 17.5 Å². The van der Waals surface area contributed by atoms with Gasteiger partial charge in [-0.25, -0.2) is 4.79 Å². The Bertz CT molecular complexity index is 499. The van der Waals surface area contributed by atoms with E-state index >= 15 is 0 Å². The number of benzene rings is 1. The first-order valence-corrected chi connectivity index (χ1v) is 5.85. The van der Waals surface area contributed by atoms with Gasteiger partial charge >= 0.3 is 12.0 Å². The Labute approximate surface area is 105 Å². The summed E-state index contributed by atoms with van der Waals surface area (Å²) in [6, 6.07) is 5.21. The maximum Gasteiger partial charge on any atom is 0.322 e. The van der Waals surface area contributed by atoms with Crippen molar-refractivity contribution in [1.82, 2.24) is 5.32 Å². The predicted octanol–water partition coefficient (Wildman–Crippen LogP) is 1.68. The molecule has 0 spiro atoms. The van der Waals surface area contributed by atoms with Gasteiger partial charge in [0.15, 0.2) is 0 Å². The second kappa shape index (κ2) is 4.68. The monoisotopic (exact) mass is 248 g/mol. The highest BCUT2D eigenvalue weighted by Crippen LogP contribution is 2.25. The van der Waals surface area contributed by atoms with E-state index in [1.54, 1.807) is 4.90 Å². The van der Waals surface area contributed by atoms with Crippen LogP contribution in [0, 0.1) is 13.8 Å². The van der Waals surface area contributed by atoms with Gasteiger partial charge in [-0.3, -0.25) is 9.69 Å². The summed E-state index contributed by atoms with van der Waals surface area (Å²) in [6.45, 7) is 4.35. The number of carboxylic acid groups (broad SMARTS) is 1. The number of aryl methyl sites for hydroxylation is 1. The van der Waals surface area contributed by atoms with Crippen molar-refractivity contribution in [1.29, 1.82) is 0 Å². The molecule has 0 bridgehead atoms. The number of carbonyl (C=O) groups is 2. The minimum atomic E-state index is -0.900. The fourth-order valence-corrected chi connectivity index (χ4v) is 2.16. The number of anilines is 1. The Hall–Kier alpha value is -2.04. The van der Waals surface area contributed by atoms with Crippen LogP contribution in [0.2, 0.25) is 0 Å². The van der Waals surface area contributed by atoms with Crippen LogP contribution >= 0.6 is 0 Å². The van der Waals surface area contributed by atoms with Crippen LogP contribution in [0.5, 0.6) is 0 Å². The van der Waals surface area contributed by atoms with Crippen LogP contribution in [0.15, 0.2) is 18.2 Å². The third kappa shape index (κ3) is 2.30. The zero-order chi connectivity index (χ0) is 13.3. The number of rotatable bonds is 3. The molecule has 18 heavy (non-hydrogen) atoms. The molecule has 1 heterocycles. The van der Waals surface area contributed by atoms with Crippen LogP contribution in [0.4, 0.5) is 10.5 Å². The van der Waals surface area contributed by atoms with Gasteiger partial charge in [-0.1, -0.05) is 12.1 Å². The van der Waals surface area contributed by atoms with Crippen molar-refractivity contribution in [3.05, 3.63) is 29.3 Å². The van der Waals surface area contributed by atoms with E-state index in [0.717, 1.165) is 16.8 Å². The molecule has 1 unspecified atom stereocenters. The van der Waals surface area contributed by atoms with Crippen molar-refractivity contribution in [2.24, 2.45) is 0 Å². The van der Waals surface area contributed by atoms with E-state index in [4.69, 9.17) is 5.11 Å². The van der Waals surface area contributed by atoms with Crippen LogP contribution in [0.25, 0.3) is 0 Å². The number of aliphatic carboxylic acids is 1. The number of amides is 2. The third-order valence-corrected chi connectivity index (χ3v) is 3.26. The molecule has 2 amide bonds. The van der Waals surface area contributed by atoms with E-state index in [1.165, 1.54) is 0 Å². The van der Waals surface area contributed by atoms with Crippen molar-refractivity contribution in [3.63, 3.8) is 0 Å². The molecular weight excluding hydrogens is 232 g/mol. The molecule has 5 nitrogen and oxygen atoms in total. The molecule has 96 valence electrons. The largest absolute Gasteiger partial charge is 0.481 e. The predicted molar refractivity (Wildman–Crippen MR) is 67.8 cm³/mol. The molecule has 2 rings (SSSR count). The summed E-state index contributed by atoms with van der Waals surface area (Å²) >= 11 is 0. The average Bonchev–Trinajstić information content (AvgIpc) is 2.62. The van der Waals surface area contributed by atoms with E-state index in [2.05, 4.69) is 5.32 Å². The first-order valence-electron chi connectivity index (χ1n) is 5.85. The number of hydrogen-bond acceptors (Lipinski definition) is 2. The van der Waals surface area contributed by atoms with Crippen LogP contribution in [-0.4, -0.2) is 29.7 Å². The lowest BCUT2D eigenvalue weighted by molar-refractivity contribution is -0.137. The molecule has 1 aromatic carbocycles. The topological polar surface area (TPSA) is 69.6 Å². The molecule has 2 N–H and O–H groups in total. The van der Waals surface area contributed by atoms with Gasteiger partial charge in [0, 0.05) is 12.2 Å². The Morgan fingerprint density at radius 3 is 2.89 bits per heavy atom.